The molecule has 0 aliphatic heterocycles. The van der Waals surface area contributed by atoms with Gasteiger partial charge < -0.3 is 15.2 Å². The predicted molar refractivity (Wildman–Crippen MR) is 96.1 cm³/mol. The molecule has 0 aliphatic rings. The average molecular weight is 350 g/mol. The number of aromatic nitrogens is 1. The van der Waals surface area contributed by atoms with Crippen molar-refractivity contribution in [1.29, 1.82) is 0 Å². The summed E-state index contributed by atoms with van der Waals surface area (Å²) in [5, 5.41) is 4.57. The fraction of sp³-hybridized carbons (Fsp3) is 0.444. The van der Waals surface area contributed by atoms with Crippen molar-refractivity contribution in [3.63, 3.8) is 0 Å². The van der Waals surface area contributed by atoms with Crippen molar-refractivity contribution >= 4 is 17.5 Å². The molecule has 5 nitrogen and oxygen atoms in total. The molecule has 130 valence electrons. The van der Waals surface area contributed by atoms with Gasteiger partial charge in [0.05, 0.1) is 5.02 Å². The van der Waals surface area contributed by atoms with Crippen molar-refractivity contribution in [2.24, 2.45) is 11.7 Å². The van der Waals surface area contributed by atoms with Gasteiger partial charge in [-0.1, -0.05) is 48.8 Å². The molecule has 1 amide bonds. The molecular weight excluding hydrogens is 326 g/mol. The van der Waals surface area contributed by atoms with Gasteiger partial charge in [0.2, 0.25) is 0 Å². The van der Waals surface area contributed by atoms with E-state index in [0.29, 0.717) is 40.1 Å². The molecule has 1 heterocycles. The van der Waals surface area contributed by atoms with Gasteiger partial charge in [0.15, 0.2) is 0 Å². The molecule has 0 aliphatic carbocycles. The summed E-state index contributed by atoms with van der Waals surface area (Å²) in [6, 6.07) is 7.34. The van der Waals surface area contributed by atoms with Crippen LogP contribution in [0, 0.1) is 12.8 Å². The fourth-order valence-corrected chi connectivity index (χ4v) is 2.65. The molecular formula is C18H24ClN3O2. The van der Waals surface area contributed by atoms with Gasteiger partial charge in [-0.05, 0) is 25.3 Å². The molecule has 1 aromatic carbocycles. The normalized spacial score (nSPS) is 12.5. The van der Waals surface area contributed by atoms with E-state index in [4.69, 9.17) is 21.9 Å². The standard InChI is InChI=1S/C18H24ClN3O2/c1-11(2)15(20)9-10-22(4)18(23)16-12(3)24-21-17(16)13-7-5-6-8-14(13)19/h5-8,11,15H,9-10,20H2,1-4H3. The number of rotatable bonds is 6. The zero-order chi connectivity index (χ0) is 17.9. The van der Waals surface area contributed by atoms with Crippen LogP contribution < -0.4 is 5.73 Å². The highest BCUT2D eigenvalue weighted by atomic mass is 35.5. The van der Waals surface area contributed by atoms with E-state index in [1.165, 1.54) is 0 Å². The molecule has 0 fully saturated rings. The van der Waals surface area contributed by atoms with Gasteiger partial charge in [-0.15, -0.1) is 0 Å². The van der Waals surface area contributed by atoms with Crippen LogP contribution in [-0.2, 0) is 0 Å². The van der Waals surface area contributed by atoms with E-state index in [1.807, 2.05) is 18.2 Å². The van der Waals surface area contributed by atoms with Crippen LogP contribution in [0.3, 0.4) is 0 Å². The number of amides is 1. The minimum atomic E-state index is -0.139. The number of carbonyl (C=O) groups excluding carboxylic acids is 1. The third-order valence-corrected chi connectivity index (χ3v) is 4.54. The largest absolute Gasteiger partial charge is 0.360 e. The molecule has 0 saturated heterocycles. The smallest absolute Gasteiger partial charge is 0.259 e. The number of aryl methyl sites for hydroxylation is 1. The Hall–Kier alpha value is -1.85. The monoisotopic (exact) mass is 349 g/mol. The van der Waals surface area contributed by atoms with E-state index < -0.39 is 0 Å². The number of benzene rings is 1. The summed E-state index contributed by atoms with van der Waals surface area (Å²) < 4.78 is 5.26. The van der Waals surface area contributed by atoms with E-state index in [1.54, 1.807) is 24.9 Å². The van der Waals surface area contributed by atoms with E-state index >= 15 is 0 Å². The SMILES string of the molecule is Cc1onc(-c2ccccc2Cl)c1C(=O)N(C)CCC(N)C(C)C. The molecule has 1 aromatic heterocycles. The first-order chi connectivity index (χ1) is 11.3. The maximum absolute atomic E-state index is 12.9. The van der Waals surface area contributed by atoms with Crippen molar-refractivity contribution in [3.05, 3.63) is 40.6 Å². The number of nitrogens with zero attached hydrogens (tertiary/aromatic N) is 2. The zero-order valence-corrected chi connectivity index (χ0v) is 15.3. The highest BCUT2D eigenvalue weighted by molar-refractivity contribution is 6.33. The van der Waals surface area contributed by atoms with Crippen LogP contribution in [0.1, 0.15) is 36.4 Å². The summed E-state index contributed by atoms with van der Waals surface area (Å²) in [6.07, 6.45) is 0.742. The topological polar surface area (TPSA) is 72.4 Å². The van der Waals surface area contributed by atoms with Gasteiger partial charge in [0, 0.05) is 25.2 Å². The number of hydrogen-bond donors (Lipinski definition) is 1. The highest BCUT2D eigenvalue weighted by Gasteiger charge is 2.25. The quantitative estimate of drug-likeness (QED) is 0.862. The van der Waals surface area contributed by atoms with Gasteiger partial charge in [-0.2, -0.15) is 0 Å². The van der Waals surface area contributed by atoms with Crippen LogP contribution >= 0.6 is 11.6 Å². The van der Waals surface area contributed by atoms with Gasteiger partial charge in [-0.3, -0.25) is 4.79 Å². The lowest BCUT2D eigenvalue weighted by molar-refractivity contribution is 0.0788. The van der Waals surface area contributed by atoms with Crippen molar-refractivity contribution in [3.8, 4) is 11.3 Å². The van der Waals surface area contributed by atoms with Crippen LogP contribution in [0.5, 0.6) is 0 Å². The van der Waals surface area contributed by atoms with Gasteiger partial charge in [-0.25, -0.2) is 0 Å². The van der Waals surface area contributed by atoms with Crippen molar-refractivity contribution in [2.45, 2.75) is 33.2 Å². The molecule has 0 bridgehead atoms. The summed E-state index contributed by atoms with van der Waals surface area (Å²) in [7, 11) is 1.76. The minimum Gasteiger partial charge on any atom is -0.360 e. The Morgan fingerprint density at radius 2 is 2.04 bits per heavy atom. The molecule has 2 N–H and O–H groups in total. The third kappa shape index (κ3) is 3.97. The van der Waals surface area contributed by atoms with E-state index in [-0.39, 0.29) is 11.9 Å². The van der Waals surface area contributed by atoms with Crippen LogP contribution in [-0.4, -0.2) is 35.6 Å². The van der Waals surface area contributed by atoms with Gasteiger partial charge in [0.25, 0.3) is 5.91 Å². The number of carbonyl (C=O) groups is 1. The van der Waals surface area contributed by atoms with Crippen molar-refractivity contribution in [1.82, 2.24) is 10.1 Å². The fourth-order valence-electron chi connectivity index (χ4n) is 2.43. The Balaban J connectivity index is 2.24. The van der Waals surface area contributed by atoms with Crippen LogP contribution in [0.4, 0.5) is 0 Å². The Morgan fingerprint density at radius 3 is 2.67 bits per heavy atom. The van der Waals surface area contributed by atoms with Crippen LogP contribution in [0.15, 0.2) is 28.8 Å². The summed E-state index contributed by atoms with van der Waals surface area (Å²) in [6.45, 7) is 6.46. The molecule has 6 heteroatoms. The number of nitrogens with two attached hydrogens (primary N) is 1. The van der Waals surface area contributed by atoms with E-state index in [9.17, 15) is 4.79 Å². The summed E-state index contributed by atoms with van der Waals surface area (Å²) >= 11 is 6.24. The zero-order valence-electron chi connectivity index (χ0n) is 14.5. The second kappa shape index (κ2) is 7.81. The maximum Gasteiger partial charge on any atom is 0.259 e. The lowest BCUT2D eigenvalue weighted by Crippen LogP contribution is -2.35. The molecule has 2 rings (SSSR count). The van der Waals surface area contributed by atoms with Crippen LogP contribution in [0.25, 0.3) is 11.3 Å². The average Bonchev–Trinajstić information content (AvgIpc) is 2.93. The molecule has 0 radical (unpaired) electrons. The predicted octanol–water partition coefficient (Wildman–Crippen LogP) is 3.75. The second-order valence-electron chi connectivity index (χ2n) is 6.37. The summed E-state index contributed by atoms with van der Waals surface area (Å²) in [5.74, 6) is 0.721. The molecule has 24 heavy (non-hydrogen) atoms. The summed E-state index contributed by atoms with van der Waals surface area (Å²) in [5.41, 5.74) is 7.68. The first-order valence-electron chi connectivity index (χ1n) is 8.05. The number of hydrogen-bond acceptors (Lipinski definition) is 4. The minimum absolute atomic E-state index is 0.0619. The molecule has 0 spiro atoms. The van der Waals surface area contributed by atoms with E-state index in [0.717, 1.165) is 6.42 Å². The lowest BCUT2D eigenvalue weighted by Gasteiger charge is -2.21. The second-order valence-corrected chi connectivity index (χ2v) is 6.77. The maximum atomic E-state index is 12.9. The van der Waals surface area contributed by atoms with Gasteiger partial charge >= 0.3 is 0 Å². The van der Waals surface area contributed by atoms with Crippen molar-refractivity contribution < 1.29 is 9.32 Å². The lowest BCUT2D eigenvalue weighted by atomic mass is 10.0. The Bertz CT molecular complexity index is 712. The first-order valence-corrected chi connectivity index (χ1v) is 8.43. The van der Waals surface area contributed by atoms with Gasteiger partial charge in [0.1, 0.15) is 17.0 Å². The molecule has 2 aromatic rings. The van der Waals surface area contributed by atoms with E-state index in [2.05, 4.69) is 19.0 Å². The van der Waals surface area contributed by atoms with Crippen LogP contribution in [0.2, 0.25) is 5.02 Å². The highest BCUT2D eigenvalue weighted by Crippen LogP contribution is 2.31. The summed E-state index contributed by atoms with van der Waals surface area (Å²) in [4.78, 5) is 14.5. The molecule has 1 atom stereocenters. The third-order valence-electron chi connectivity index (χ3n) is 4.21. The Labute approximate surface area is 147 Å². The first kappa shape index (κ1) is 18.5. The number of halogens is 1. The van der Waals surface area contributed by atoms with Crippen molar-refractivity contribution in [2.75, 3.05) is 13.6 Å². The molecule has 0 saturated carbocycles. The Kier molecular flexibility index (Phi) is 6.02. The Morgan fingerprint density at radius 1 is 1.38 bits per heavy atom. The molecule has 1 unspecified atom stereocenters.